The number of nitrogens with zero attached hydrogens (tertiary/aromatic N) is 2. The Morgan fingerprint density at radius 3 is 2.50 bits per heavy atom. The van der Waals surface area contributed by atoms with Crippen molar-refractivity contribution >= 4 is 22.4 Å². The van der Waals surface area contributed by atoms with Crippen molar-refractivity contribution in [3.63, 3.8) is 0 Å². The molecule has 0 aliphatic heterocycles. The third-order valence-electron chi connectivity index (χ3n) is 4.04. The molecule has 0 amide bonds. The van der Waals surface area contributed by atoms with Gasteiger partial charge in [-0.15, -0.1) is 0 Å². The first kappa shape index (κ1) is 18.0. The quantitative estimate of drug-likeness (QED) is 0.536. The highest BCUT2D eigenvalue weighted by Gasteiger charge is 2.16. The lowest BCUT2D eigenvalue weighted by atomic mass is 10.1. The molecular formula is C18H26N4O2. The van der Waals surface area contributed by atoms with E-state index in [0.717, 1.165) is 12.8 Å². The summed E-state index contributed by atoms with van der Waals surface area (Å²) in [5.74, 6) is 1.81. The lowest BCUT2D eigenvalue weighted by Gasteiger charge is -2.12. The van der Waals surface area contributed by atoms with E-state index < -0.39 is 0 Å². The Morgan fingerprint density at radius 2 is 1.83 bits per heavy atom. The van der Waals surface area contributed by atoms with Crippen molar-refractivity contribution in [1.82, 2.24) is 9.97 Å². The molecule has 0 bridgehead atoms. The summed E-state index contributed by atoms with van der Waals surface area (Å²) >= 11 is 0. The first-order chi connectivity index (χ1) is 11.6. The molecule has 0 saturated heterocycles. The average molecular weight is 330 g/mol. The second-order valence-electron chi connectivity index (χ2n) is 5.77. The van der Waals surface area contributed by atoms with E-state index in [-0.39, 0.29) is 0 Å². The van der Waals surface area contributed by atoms with Gasteiger partial charge in [-0.1, -0.05) is 32.6 Å². The molecule has 0 unspecified atom stereocenters. The number of nitrogens with one attached hydrogen (secondary N) is 1. The largest absolute Gasteiger partial charge is 0.493 e. The van der Waals surface area contributed by atoms with E-state index in [1.54, 1.807) is 20.3 Å². The van der Waals surface area contributed by atoms with Crippen LogP contribution in [0, 0.1) is 5.41 Å². The summed E-state index contributed by atoms with van der Waals surface area (Å²) in [6, 6.07) is 3.59. The summed E-state index contributed by atoms with van der Waals surface area (Å²) in [7, 11) is 3.14. The summed E-state index contributed by atoms with van der Waals surface area (Å²) in [6.45, 7) is 2.19. The Balaban J connectivity index is 2.26. The first-order valence-electron chi connectivity index (χ1n) is 8.38. The maximum absolute atomic E-state index is 8.26. The number of ether oxygens (including phenoxy) is 2. The molecule has 0 radical (unpaired) electrons. The maximum atomic E-state index is 8.26. The number of nitrogen functional groups attached to an aromatic ring is 1. The van der Waals surface area contributed by atoms with Crippen LogP contribution < -0.4 is 15.2 Å². The minimum absolute atomic E-state index is 0.353. The van der Waals surface area contributed by atoms with Crippen molar-refractivity contribution < 1.29 is 9.47 Å². The standard InChI is InChI=1S/C18H26N4O2/c1-4-5-6-7-8-9-13(19)18-21-15-12(17(20)22-18)10-11-14(23-2)16(15)24-3/h10-11,19H,4-9H2,1-3H3,(H2,20,21,22). The monoisotopic (exact) mass is 330 g/mol. The predicted molar refractivity (Wildman–Crippen MR) is 97.3 cm³/mol. The summed E-state index contributed by atoms with van der Waals surface area (Å²) in [4.78, 5) is 8.80. The van der Waals surface area contributed by atoms with E-state index in [1.165, 1.54) is 19.3 Å². The Morgan fingerprint density at radius 1 is 1.08 bits per heavy atom. The van der Waals surface area contributed by atoms with Crippen molar-refractivity contribution in [1.29, 1.82) is 5.41 Å². The zero-order chi connectivity index (χ0) is 17.5. The van der Waals surface area contributed by atoms with Gasteiger partial charge in [-0.25, -0.2) is 9.97 Å². The van der Waals surface area contributed by atoms with Crippen LogP contribution in [0.4, 0.5) is 5.82 Å². The lowest BCUT2D eigenvalue weighted by Crippen LogP contribution is -2.09. The van der Waals surface area contributed by atoms with E-state index in [0.29, 0.717) is 46.2 Å². The Bertz CT molecular complexity index is 716. The maximum Gasteiger partial charge on any atom is 0.187 e. The first-order valence-corrected chi connectivity index (χ1v) is 8.38. The van der Waals surface area contributed by atoms with Gasteiger partial charge in [-0.3, -0.25) is 0 Å². The van der Waals surface area contributed by atoms with Gasteiger partial charge in [0.1, 0.15) is 11.3 Å². The SMILES string of the molecule is CCCCCCCC(=N)c1nc(N)c2ccc(OC)c(OC)c2n1. The summed E-state index contributed by atoms with van der Waals surface area (Å²) in [5.41, 5.74) is 7.05. The molecule has 0 saturated carbocycles. The summed E-state index contributed by atoms with van der Waals surface area (Å²) in [6.07, 6.45) is 6.40. The highest BCUT2D eigenvalue weighted by atomic mass is 16.5. The van der Waals surface area contributed by atoms with Crippen LogP contribution in [0.3, 0.4) is 0 Å². The molecule has 0 aliphatic rings. The molecule has 2 rings (SSSR count). The number of aromatic nitrogens is 2. The number of nitrogens with two attached hydrogens (primary N) is 1. The molecule has 2 aromatic rings. The van der Waals surface area contributed by atoms with E-state index in [4.69, 9.17) is 20.6 Å². The molecule has 0 fully saturated rings. The third kappa shape index (κ3) is 3.93. The van der Waals surface area contributed by atoms with Gasteiger partial charge in [-0.05, 0) is 25.0 Å². The highest BCUT2D eigenvalue weighted by molar-refractivity contribution is 6.00. The number of anilines is 1. The Kier molecular flexibility index (Phi) is 6.35. The van der Waals surface area contributed by atoms with Crippen LogP contribution in [0.2, 0.25) is 0 Å². The molecule has 130 valence electrons. The minimum Gasteiger partial charge on any atom is -0.493 e. The molecular weight excluding hydrogens is 304 g/mol. The number of benzene rings is 1. The van der Waals surface area contributed by atoms with E-state index in [9.17, 15) is 0 Å². The van der Waals surface area contributed by atoms with Crippen LogP contribution >= 0.6 is 0 Å². The van der Waals surface area contributed by atoms with Crippen molar-refractivity contribution in [2.45, 2.75) is 45.4 Å². The van der Waals surface area contributed by atoms with Crippen LogP contribution in [0.5, 0.6) is 11.5 Å². The lowest BCUT2D eigenvalue weighted by molar-refractivity contribution is 0.358. The number of methoxy groups -OCH3 is 2. The fourth-order valence-corrected chi connectivity index (χ4v) is 2.69. The fraction of sp³-hybridized carbons (Fsp3) is 0.500. The minimum atomic E-state index is 0.353. The Labute approximate surface area is 142 Å². The molecule has 1 aromatic heterocycles. The van der Waals surface area contributed by atoms with Crippen LogP contribution in [0.1, 0.15) is 51.3 Å². The van der Waals surface area contributed by atoms with Gasteiger partial charge in [0.15, 0.2) is 17.3 Å². The second kappa shape index (κ2) is 8.47. The zero-order valence-corrected chi connectivity index (χ0v) is 14.7. The van der Waals surface area contributed by atoms with Crippen molar-refractivity contribution in [3.05, 3.63) is 18.0 Å². The number of hydrogen-bond donors (Lipinski definition) is 2. The average Bonchev–Trinajstić information content (AvgIpc) is 2.60. The van der Waals surface area contributed by atoms with E-state index in [2.05, 4.69) is 16.9 Å². The van der Waals surface area contributed by atoms with Crippen LogP contribution in [0.25, 0.3) is 10.9 Å². The molecule has 0 atom stereocenters. The number of unbranched alkanes of at least 4 members (excludes halogenated alkanes) is 4. The second-order valence-corrected chi connectivity index (χ2v) is 5.77. The van der Waals surface area contributed by atoms with Crippen molar-refractivity contribution in [2.24, 2.45) is 0 Å². The number of fused-ring (bicyclic) bond motifs is 1. The van der Waals surface area contributed by atoms with Gasteiger partial charge in [0, 0.05) is 5.39 Å². The van der Waals surface area contributed by atoms with Crippen molar-refractivity contribution in [3.8, 4) is 11.5 Å². The van der Waals surface area contributed by atoms with Crippen LogP contribution in [0.15, 0.2) is 12.1 Å². The van der Waals surface area contributed by atoms with E-state index >= 15 is 0 Å². The third-order valence-corrected chi connectivity index (χ3v) is 4.04. The molecule has 24 heavy (non-hydrogen) atoms. The molecule has 6 nitrogen and oxygen atoms in total. The normalized spacial score (nSPS) is 10.8. The van der Waals surface area contributed by atoms with Gasteiger partial charge < -0.3 is 20.6 Å². The van der Waals surface area contributed by atoms with Gasteiger partial charge >= 0.3 is 0 Å². The topological polar surface area (TPSA) is 94.1 Å². The summed E-state index contributed by atoms with van der Waals surface area (Å²) in [5, 5.41) is 8.96. The fourth-order valence-electron chi connectivity index (χ4n) is 2.69. The zero-order valence-electron chi connectivity index (χ0n) is 14.7. The molecule has 1 aromatic carbocycles. The molecule has 0 aliphatic carbocycles. The van der Waals surface area contributed by atoms with Gasteiger partial charge in [0.05, 0.1) is 19.9 Å². The van der Waals surface area contributed by atoms with Crippen LogP contribution in [-0.4, -0.2) is 29.9 Å². The smallest absolute Gasteiger partial charge is 0.187 e. The van der Waals surface area contributed by atoms with E-state index in [1.807, 2.05) is 6.07 Å². The molecule has 6 heteroatoms. The van der Waals surface area contributed by atoms with Gasteiger partial charge in [0.25, 0.3) is 0 Å². The molecule has 3 N–H and O–H groups in total. The summed E-state index contributed by atoms with van der Waals surface area (Å²) < 4.78 is 10.7. The molecule has 1 heterocycles. The highest BCUT2D eigenvalue weighted by Crippen LogP contribution is 2.35. The predicted octanol–water partition coefficient (Wildman–Crippen LogP) is 3.96. The van der Waals surface area contributed by atoms with Gasteiger partial charge in [-0.2, -0.15) is 0 Å². The van der Waals surface area contributed by atoms with Crippen molar-refractivity contribution in [2.75, 3.05) is 20.0 Å². The molecule has 0 spiro atoms. The number of hydrogen-bond acceptors (Lipinski definition) is 6. The van der Waals surface area contributed by atoms with Gasteiger partial charge in [0.2, 0.25) is 0 Å². The Hall–Kier alpha value is -2.37. The number of rotatable bonds is 9. The van der Waals surface area contributed by atoms with Crippen LogP contribution in [-0.2, 0) is 0 Å².